The van der Waals surface area contributed by atoms with E-state index in [2.05, 4.69) is 31.2 Å². The minimum atomic E-state index is -0.0619. The maximum Gasteiger partial charge on any atom is 0.185 e. The molecule has 0 heterocycles. The first-order valence-electron chi connectivity index (χ1n) is 10.4. The highest BCUT2D eigenvalue weighted by molar-refractivity contribution is 7.99. The number of phenolic OH excluding ortho intramolecular Hbond substituents is 1. The third-order valence-electron chi connectivity index (χ3n) is 4.73. The van der Waals surface area contributed by atoms with E-state index in [1.54, 1.807) is 18.2 Å². The molecule has 0 atom stereocenters. The molecule has 0 aliphatic heterocycles. The molecule has 0 unspecified atom stereocenters. The van der Waals surface area contributed by atoms with Crippen molar-refractivity contribution in [2.24, 2.45) is 0 Å². The van der Waals surface area contributed by atoms with Gasteiger partial charge in [-0.25, -0.2) is 0 Å². The third-order valence-corrected chi connectivity index (χ3v) is 5.82. The van der Waals surface area contributed by atoms with E-state index in [1.807, 2.05) is 17.8 Å². The summed E-state index contributed by atoms with van der Waals surface area (Å²) in [6.45, 7) is 2.26. The van der Waals surface area contributed by atoms with E-state index in [1.165, 1.54) is 74.1 Å². The Labute approximate surface area is 174 Å². The van der Waals surface area contributed by atoms with Crippen molar-refractivity contribution in [2.75, 3.05) is 5.75 Å². The summed E-state index contributed by atoms with van der Waals surface area (Å²) in [5.41, 5.74) is 1.59. The van der Waals surface area contributed by atoms with Gasteiger partial charge in [0, 0.05) is 10.5 Å². The van der Waals surface area contributed by atoms with E-state index in [9.17, 15) is 9.90 Å². The van der Waals surface area contributed by atoms with Crippen LogP contribution in [0.1, 0.15) is 74.2 Å². The normalized spacial score (nSPS) is 11.2. The molecule has 2 nitrogen and oxygen atoms in total. The zero-order chi connectivity index (χ0) is 20.0. The Morgan fingerprint density at radius 1 is 0.857 bits per heavy atom. The molecule has 0 aliphatic carbocycles. The van der Waals surface area contributed by atoms with Gasteiger partial charge in [0.15, 0.2) is 5.78 Å². The third kappa shape index (κ3) is 8.79. The monoisotopic (exact) mass is 396 g/mol. The van der Waals surface area contributed by atoms with Gasteiger partial charge in [-0.3, -0.25) is 4.79 Å². The number of thioether (sulfide) groups is 1. The van der Waals surface area contributed by atoms with E-state index < -0.39 is 0 Å². The summed E-state index contributed by atoms with van der Waals surface area (Å²) in [6, 6.07) is 14.7. The highest BCUT2D eigenvalue weighted by Gasteiger charge is 2.01. The first kappa shape index (κ1) is 22.3. The number of allylic oxidation sites excluding steroid dienone is 1. The summed E-state index contributed by atoms with van der Waals surface area (Å²) in [5, 5.41) is 9.28. The molecule has 2 rings (SSSR count). The Hall–Kier alpha value is -2.00. The standard InChI is InChI=1S/C25H32O2S/c1-2-3-4-5-6-7-8-9-20-28-24-17-10-21(11-18-24)12-19-25(27)22-13-15-23(26)16-14-22/h10-19,26H,2-9,20H2,1H3. The predicted molar refractivity (Wildman–Crippen MR) is 121 cm³/mol. The van der Waals surface area contributed by atoms with Gasteiger partial charge in [-0.05, 0) is 60.2 Å². The van der Waals surface area contributed by atoms with Gasteiger partial charge in [-0.1, -0.05) is 70.1 Å². The molecule has 3 heteroatoms. The van der Waals surface area contributed by atoms with Gasteiger partial charge in [0.1, 0.15) is 5.75 Å². The maximum absolute atomic E-state index is 12.1. The number of rotatable bonds is 13. The molecule has 0 aliphatic rings. The Morgan fingerprint density at radius 2 is 1.46 bits per heavy atom. The molecule has 0 saturated carbocycles. The Balaban J connectivity index is 1.66. The first-order chi connectivity index (χ1) is 13.7. The van der Waals surface area contributed by atoms with Crippen LogP contribution in [0, 0.1) is 0 Å². The number of phenols is 1. The quantitative estimate of drug-likeness (QED) is 0.165. The molecule has 0 amide bonds. The highest BCUT2D eigenvalue weighted by atomic mass is 32.2. The largest absolute Gasteiger partial charge is 0.508 e. The van der Waals surface area contributed by atoms with Crippen LogP contribution < -0.4 is 0 Å². The molecule has 2 aromatic carbocycles. The molecule has 0 fully saturated rings. The smallest absolute Gasteiger partial charge is 0.185 e. The lowest BCUT2D eigenvalue weighted by atomic mass is 10.1. The molecule has 0 spiro atoms. The molecule has 1 N–H and O–H groups in total. The number of unbranched alkanes of at least 4 members (excludes halogenated alkanes) is 7. The van der Waals surface area contributed by atoms with Gasteiger partial charge in [-0.15, -0.1) is 11.8 Å². The summed E-state index contributed by atoms with van der Waals surface area (Å²) in [6.07, 6.45) is 14.3. The van der Waals surface area contributed by atoms with Crippen LogP contribution in [0.15, 0.2) is 59.5 Å². The first-order valence-corrected chi connectivity index (χ1v) is 11.4. The second kappa shape index (κ2) is 13.2. The van der Waals surface area contributed by atoms with Crippen molar-refractivity contribution in [1.82, 2.24) is 0 Å². The van der Waals surface area contributed by atoms with Crippen LogP contribution in [-0.4, -0.2) is 16.6 Å². The average Bonchev–Trinajstić information content (AvgIpc) is 2.72. The summed E-state index contributed by atoms with van der Waals surface area (Å²) in [5.74, 6) is 1.28. The van der Waals surface area contributed by atoms with E-state index in [0.717, 1.165) is 5.56 Å². The fraction of sp³-hybridized carbons (Fsp3) is 0.400. The molecule has 0 saturated heterocycles. The second-order valence-corrected chi connectivity index (χ2v) is 8.31. The number of carbonyl (C=O) groups excluding carboxylic acids is 1. The van der Waals surface area contributed by atoms with Gasteiger partial charge in [0.05, 0.1) is 0 Å². The Kier molecular flexibility index (Phi) is 10.5. The molecule has 28 heavy (non-hydrogen) atoms. The summed E-state index contributed by atoms with van der Waals surface area (Å²) < 4.78 is 0. The highest BCUT2D eigenvalue weighted by Crippen LogP contribution is 2.21. The minimum absolute atomic E-state index is 0.0619. The summed E-state index contributed by atoms with van der Waals surface area (Å²) in [4.78, 5) is 13.4. The zero-order valence-electron chi connectivity index (χ0n) is 16.9. The van der Waals surface area contributed by atoms with Gasteiger partial charge in [-0.2, -0.15) is 0 Å². The maximum atomic E-state index is 12.1. The van der Waals surface area contributed by atoms with Gasteiger partial charge in [0.25, 0.3) is 0 Å². The number of hydrogen-bond donors (Lipinski definition) is 1. The molecule has 150 valence electrons. The van der Waals surface area contributed by atoms with Gasteiger partial charge in [0.2, 0.25) is 0 Å². The van der Waals surface area contributed by atoms with Gasteiger partial charge < -0.3 is 5.11 Å². The van der Waals surface area contributed by atoms with E-state index >= 15 is 0 Å². The van der Waals surface area contributed by atoms with Crippen LogP contribution in [0.2, 0.25) is 0 Å². The molecule has 0 aromatic heterocycles. The zero-order valence-corrected chi connectivity index (χ0v) is 17.7. The van der Waals surface area contributed by atoms with Crippen LogP contribution in [0.4, 0.5) is 0 Å². The van der Waals surface area contributed by atoms with E-state index in [4.69, 9.17) is 0 Å². The number of carbonyl (C=O) groups is 1. The van der Waals surface area contributed by atoms with Crippen LogP contribution >= 0.6 is 11.8 Å². The van der Waals surface area contributed by atoms with Crippen molar-refractivity contribution < 1.29 is 9.90 Å². The topological polar surface area (TPSA) is 37.3 Å². The van der Waals surface area contributed by atoms with Crippen molar-refractivity contribution in [3.63, 3.8) is 0 Å². The fourth-order valence-electron chi connectivity index (χ4n) is 2.99. The summed E-state index contributed by atoms with van der Waals surface area (Å²) >= 11 is 1.91. The van der Waals surface area contributed by atoms with Gasteiger partial charge >= 0.3 is 0 Å². The molecular formula is C25H32O2S. The lowest BCUT2D eigenvalue weighted by Gasteiger charge is -2.03. The molecule has 0 bridgehead atoms. The number of ketones is 1. The molecular weight excluding hydrogens is 364 g/mol. The number of aromatic hydroxyl groups is 1. The van der Waals surface area contributed by atoms with Crippen molar-refractivity contribution in [2.45, 2.75) is 63.2 Å². The van der Waals surface area contributed by atoms with E-state index in [-0.39, 0.29) is 11.5 Å². The molecule has 2 aromatic rings. The van der Waals surface area contributed by atoms with Crippen LogP contribution in [0.25, 0.3) is 6.08 Å². The number of hydrogen-bond acceptors (Lipinski definition) is 3. The fourth-order valence-corrected chi connectivity index (χ4v) is 3.91. The van der Waals surface area contributed by atoms with Crippen molar-refractivity contribution in [3.8, 4) is 5.75 Å². The molecule has 0 radical (unpaired) electrons. The minimum Gasteiger partial charge on any atom is -0.508 e. The van der Waals surface area contributed by atoms with Crippen LogP contribution in [0.5, 0.6) is 5.75 Å². The SMILES string of the molecule is CCCCCCCCCCSc1ccc(C=CC(=O)c2ccc(O)cc2)cc1. The lowest BCUT2D eigenvalue weighted by molar-refractivity contribution is 0.104. The summed E-state index contributed by atoms with van der Waals surface area (Å²) in [7, 11) is 0. The van der Waals surface area contributed by atoms with Crippen molar-refractivity contribution in [3.05, 3.63) is 65.7 Å². The van der Waals surface area contributed by atoms with Crippen molar-refractivity contribution in [1.29, 1.82) is 0 Å². The second-order valence-electron chi connectivity index (χ2n) is 7.14. The Bertz CT molecular complexity index is 717. The van der Waals surface area contributed by atoms with Crippen LogP contribution in [0.3, 0.4) is 0 Å². The average molecular weight is 397 g/mol. The number of benzene rings is 2. The predicted octanol–water partition coefficient (Wildman–Crippen LogP) is 7.52. The lowest BCUT2D eigenvalue weighted by Crippen LogP contribution is -1.92. The Morgan fingerprint density at radius 3 is 2.11 bits per heavy atom. The van der Waals surface area contributed by atoms with Crippen LogP contribution in [-0.2, 0) is 0 Å². The van der Waals surface area contributed by atoms with E-state index in [0.29, 0.717) is 5.56 Å². The van der Waals surface area contributed by atoms with Crippen molar-refractivity contribution >= 4 is 23.6 Å².